The van der Waals surface area contributed by atoms with Crippen molar-refractivity contribution in [3.8, 4) is 0 Å². The lowest BCUT2D eigenvalue weighted by Crippen LogP contribution is -2.56. The van der Waals surface area contributed by atoms with Gasteiger partial charge in [-0.2, -0.15) is 0 Å². The first-order valence-electron chi connectivity index (χ1n) is 9.57. The number of hydrogen-bond donors (Lipinski definition) is 0. The van der Waals surface area contributed by atoms with Crippen LogP contribution in [0.2, 0.25) is 0 Å². The Morgan fingerprint density at radius 3 is 0.923 bits per heavy atom. The third-order valence-electron chi connectivity index (χ3n) is 4.78. The van der Waals surface area contributed by atoms with Gasteiger partial charge < -0.3 is 19.3 Å². The summed E-state index contributed by atoms with van der Waals surface area (Å²) in [6, 6.07) is 0.0605. The summed E-state index contributed by atoms with van der Waals surface area (Å²) in [5.74, 6) is 0. The molecule has 0 heterocycles. The molecule has 0 saturated heterocycles. The molecule has 26 heavy (non-hydrogen) atoms. The Morgan fingerprint density at radius 1 is 0.577 bits per heavy atom. The number of amides is 2. The van der Waals surface area contributed by atoms with Gasteiger partial charge in [0.15, 0.2) is 0 Å². The van der Waals surface area contributed by atoms with Crippen LogP contribution in [0.25, 0.3) is 0 Å². The van der Waals surface area contributed by atoms with Gasteiger partial charge in [-0.3, -0.25) is 0 Å². The summed E-state index contributed by atoms with van der Waals surface area (Å²) in [5, 5.41) is 0. The second kappa shape index (κ2) is 8.96. The van der Waals surface area contributed by atoms with Gasteiger partial charge in [0.1, 0.15) is 11.2 Å². The van der Waals surface area contributed by atoms with Gasteiger partial charge >= 0.3 is 12.2 Å². The van der Waals surface area contributed by atoms with Crippen LogP contribution in [0.4, 0.5) is 9.59 Å². The van der Waals surface area contributed by atoms with E-state index in [2.05, 4.69) is 0 Å². The zero-order chi connectivity index (χ0) is 21.0. The maximum absolute atomic E-state index is 12.7. The summed E-state index contributed by atoms with van der Waals surface area (Å²) in [4.78, 5) is 28.7. The van der Waals surface area contributed by atoms with Gasteiger partial charge in [-0.1, -0.05) is 0 Å². The van der Waals surface area contributed by atoms with Gasteiger partial charge in [0.05, 0.1) is 0 Å². The van der Waals surface area contributed by atoms with Gasteiger partial charge in [0.2, 0.25) is 0 Å². The standard InChI is InChI=1S/C20H40N2O4/c1-13(2)21(14(3)4)17(23)25-19(9,10)20(11,12)26-18(24)22(15(5)6)16(7)8/h13-16H,1-12H3. The van der Waals surface area contributed by atoms with E-state index in [4.69, 9.17) is 9.47 Å². The lowest BCUT2D eigenvalue weighted by Gasteiger charge is -2.43. The average Bonchev–Trinajstić information content (AvgIpc) is 2.34. The third-order valence-corrected chi connectivity index (χ3v) is 4.78. The Hall–Kier alpha value is -1.46. The first-order chi connectivity index (χ1) is 11.5. The number of carbonyl (C=O) groups excluding carboxylic acids is 2. The molecule has 6 nitrogen and oxygen atoms in total. The van der Waals surface area contributed by atoms with Crippen LogP contribution in [-0.2, 0) is 9.47 Å². The molecule has 0 unspecified atom stereocenters. The molecule has 0 aliphatic heterocycles. The van der Waals surface area contributed by atoms with Gasteiger partial charge in [-0.15, -0.1) is 0 Å². The summed E-state index contributed by atoms with van der Waals surface area (Å²) < 4.78 is 11.6. The number of nitrogens with zero attached hydrogens (tertiary/aromatic N) is 2. The Bertz CT molecular complexity index is 422. The smallest absolute Gasteiger partial charge is 0.410 e. The SMILES string of the molecule is CC(C)N(C(=O)OC(C)(C)C(C)(C)OC(=O)N(C(C)C)C(C)C)C(C)C. The molecule has 0 aromatic carbocycles. The van der Waals surface area contributed by atoms with Crippen molar-refractivity contribution in [3.63, 3.8) is 0 Å². The van der Waals surface area contributed by atoms with E-state index in [0.29, 0.717) is 0 Å². The van der Waals surface area contributed by atoms with Crippen molar-refractivity contribution in [2.45, 2.75) is 118 Å². The number of ether oxygens (including phenoxy) is 2. The Balaban J connectivity index is 5.37. The highest BCUT2D eigenvalue weighted by atomic mass is 16.6. The highest BCUT2D eigenvalue weighted by Crippen LogP contribution is 2.31. The molecule has 0 aromatic heterocycles. The lowest BCUT2D eigenvalue weighted by molar-refractivity contribution is -0.131. The van der Waals surface area contributed by atoms with E-state index in [1.54, 1.807) is 37.5 Å². The van der Waals surface area contributed by atoms with Crippen LogP contribution in [-0.4, -0.2) is 57.4 Å². The molecule has 0 fully saturated rings. The zero-order valence-electron chi connectivity index (χ0n) is 18.8. The van der Waals surface area contributed by atoms with Crippen LogP contribution in [0, 0.1) is 0 Å². The van der Waals surface area contributed by atoms with Crippen molar-refractivity contribution in [2.24, 2.45) is 0 Å². The minimum absolute atomic E-state index is 0.0151. The quantitative estimate of drug-likeness (QED) is 0.627. The van der Waals surface area contributed by atoms with Crippen molar-refractivity contribution >= 4 is 12.2 Å². The van der Waals surface area contributed by atoms with Crippen molar-refractivity contribution in [3.05, 3.63) is 0 Å². The van der Waals surface area contributed by atoms with E-state index >= 15 is 0 Å². The molecular formula is C20H40N2O4. The van der Waals surface area contributed by atoms with Crippen LogP contribution in [0.5, 0.6) is 0 Å². The molecule has 0 aliphatic carbocycles. The fourth-order valence-corrected chi connectivity index (χ4v) is 2.82. The molecule has 0 saturated carbocycles. The monoisotopic (exact) mass is 372 g/mol. The molecule has 0 aromatic rings. The van der Waals surface area contributed by atoms with Crippen molar-refractivity contribution in [1.82, 2.24) is 9.80 Å². The first kappa shape index (κ1) is 24.5. The maximum Gasteiger partial charge on any atom is 0.410 e. The number of rotatable bonds is 7. The van der Waals surface area contributed by atoms with E-state index in [0.717, 1.165) is 0 Å². The molecule has 6 heteroatoms. The van der Waals surface area contributed by atoms with Crippen molar-refractivity contribution in [2.75, 3.05) is 0 Å². The Kier molecular flexibility index (Phi) is 8.45. The Morgan fingerprint density at radius 2 is 0.769 bits per heavy atom. The first-order valence-corrected chi connectivity index (χ1v) is 9.57. The van der Waals surface area contributed by atoms with E-state index in [-0.39, 0.29) is 24.2 Å². The van der Waals surface area contributed by atoms with Crippen molar-refractivity contribution < 1.29 is 19.1 Å². The van der Waals surface area contributed by atoms with E-state index < -0.39 is 23.4 Å². The topological polar surface area (TPSA) is 59.1 Å². The minimum Gasteiger partial charge on any atom is -0.439 e. The van der Waals surface area contributed by atoms with Gasteiger partial charge in [-0.25, -0.2) is 9.59 Å². The fraction of sp³-hybridized carbons (Fsp3) is 0.900. The van der Waals surface area contributed by atoms with Gasteiger partial charge in [0.25, 0.3) is 0 Å². The summed E-state index contributed by atoms with van der Waals surface area (Å²) in [6.45, 7) is 22.7. The van der Waals surface area contributed by atoms with Gasteiger partial charge in [0, 0.05) is 24.2 Å². The molecule has 0 bridgehead atoms. The minimum atomic E-state index is -0.999. The van der Waals surface area contributed by atoms with E-state index in [1.165, 1.54) is 0 Å². The predicted octanol–water partition coefficient (Wildman–Crippen LogP) is 5.05. The van der Waals surface area contributed by atoms with Crippen LogP contribution >= 0.6 is 0 Å². The summed E-state index contributed by atoms with van der Waals surface area (Å²) in [5.41, 5.74) is -2.00. The maximum atomic E-state index is 12.7. The second-order valence-corrected chi connectivity index (χ2v) is 8.95. The van der Waals surface area contributed by atoms with E-state index in [9.17, 15) is 9.59 Å². The molecule has 0 radical (unpaired) electrons. The Labute approximate surface area is 160 Å². The van der Waals surface area contributed by atoms with Crippen molar-refractivity contribution in [1.29, 1.82) is 0 Å². The zero-order valence-corrected chi connectivity index (χ0v) is 18.8. The largest absolute Gasteiger partial charge is 0.439 e. The van der Waals surface area contributed by atoms with Crippen LogP contribution in [0.1, 0.15) is 83.1 Å². The van der Waals surface area contributed by atoms with E-state index in [1.807, 2.05) is 55.4 Å². The van der Waals surface area contributed by atoms with Crippen LogP contribution in [0.3, 0.4) is 0 Å². The number of hydrogen-bond acceptors (Lipinski definition) is 4. The summed E-state index contributed by atoms with van der Waals surface area (Å²) >= 11 is 0. The molecule has 0 N–H and O–H groups in total. The molecular weight excluding hydrogens is 332 g/mol. The predicted molar refractivity (Wildman–Crippen MR) is 105 cm³/mol. The average molecular weight is 373 g/mol. The third kappa shape index (κ3) is 6.06. The second-order valence-electron chi connectivity index (χ2n) is 8.95. The lowest BCUT2D eigenvalue weighted by atomic mass is 9.89. The molecule has 0 aliphatic rings. The summed E-state index contributed by atoms with van der Waals surface area (Å²) in [7, 11) is 0. The normalized spacial score (nSPS) is 12.8. The molecule has 0 atom stereocenters. The van der Waals surface area contributed by atoms with Crippen LogP contribution in [0.15, 0.2) is 0 Å². The molecule has 0 rings (SSSR count). The van der Waals surface area contributed by atoms with Crippen LogP contribution < -0.4 is 0 Å². The molecule has 154 valence electrons. The highest BCUT2D eigenvalue weighted by molar-refractivity contribution is 5.70. The molecule has 0 spiro atoms. The highest BCUT2D eigenvalue weighted by Gasteiger charge is 2.46. The van der Waals surface area contributed by atoms with Gasteiger partial charge in [-0.05, 0) is 83.1 Å². The number of carbonyl (C=O) groups is 2. The molecule has 2 amide bonds. The fourth-order valence-electron chi connectivity index (χ4n) is 2.82. The summed E-state index contributed by atoms with van der Waals surface area (Å²) in [6.07, 6.45) is -0.817.